The lowest BCUT2D eigenvalue weighted by Gasteiger charge is -2.26. The molecule has 0 radical (unpaired) electrons. The van der Waals surface area contributed by atoms with E-state index in [1.165, 1.54) is 0 Å². The van der Waals surface area contributed by atoms with E-state index >= 15 is 0 Å². The second-order valence-electron chi connectivity index (χ2n) is 8.11. The quantitative estimate of drug-likeness (QED) is 0.571. The summed E-state index contributed by atoms with van der Waals surface area (Å²) in [5.41, 5.74) is 2.55. The molecule has 3 rings (SSSR count). The van der Waals surface area contributed by atoms with Crippen molar-refractivity contribution in [2.75, 3.05) is 25.0 Å². The van der Waals surface area contributed by atoms with Crippen LogP contribution in [0.4, 0.5) is 5.69 Å². The smallest absolute Gasteiger partial charge is 0.243 e. The van der Waals surface area contributed by atoms with Gasteiger partial charge in [-0.3, -0.25) is 4.79 Å². The molecule has 0 spiro atoms. The van der Waals surface area contributed by atoms with Crippen LogP contribution in [-0.4, -0.2) is 38.3 Å². The lowest BCUT2D eigenvalue weighted by atomic mass is 10.2. The fourth-order valence-corrected chi connectivity index (χ4v) is 5.19. The summed E-state index contributed by atoms with van der Waals surface area (Å²) >= 11 is 0. The maximum Gasteiger partial charge on any atom is 0.243 e. The van der Waals surface area contributed by atoms with Crippen molar-refractivity contribution in [3.63, 3.8) is 0 Å². The molecule has 7 heteroatoms. The Morgan fingerprint density at radius 1 is 1.03 bits per heavy atom. The maximum absolute atomic E-state index is 12.9. The molecule has 31 heavy (non-hydrogen) atoms. The van der Waals surface area contributed by atoms with E-state index in [1.54, 1.807) is 22.5 Å². The SMILES string of the molecule is Cc1cccc(OCCCCC(=O)Nc2cc(S(=O)(=O)N3CCCCC3)ccc2C)c1. The molecule has 0 aromatic heterocycles. The molecule has 0 aliphatic carbocycles. The Bertz CT molecular complexity index is 998. The molecular formula is C24H32N2O4S. The van der Waals surface area contributed by atoms with Crippen LogP contribution in [0.1, 0.15) is 49.7 Å². The van der Waals surface area contributed by atoms with Crippen molar-refractivity contribution in [1.29, 1.82) is 0 Å². The topological polar surface area (TPSA) is 75.7 Å². The van der Waals surface area contributed by atoms with Crippen LogP contribution in [0.15, 0.2) is 47.4 Å². The summed E-state index contributed by atoms with van der Waals surface area (Å²) in [5, 5.41) is 2.88. The lowest BCUT2D eigenvalue weighted by molar-refractivity contribution is -0.116. The van der Waals surface area contributed by atoms with Crippen molar-refractivity contribution >= 4 is 21.6 Å². The molecule has 168 valence electrons. The number of unbranched alkanes of at least 4 members (excludes halogenated alkanes) is 1. The maximum atomic E-state index is 12.9. The number of amides is 1. The minimum Gasteiger partial charge on any atom is -0.494 e. The zero-order valence-electron chi connectivity index (χ0n) is 18.4. The number of piperidine rings is 1. The lowest BCUT2D eigenvalue weighted by Crippen LogP contribution is -2.35. The number of nitrogens with zero attached hydrogens (tertiary/aromatic N) is 1. The molecule has 0 unspecified atom stereocenters. The van der Waals surface area contributed by atoms with Crippen LogP contribution in [0.5, 0.6) is 5.75 Å². The van der Waals surface area contributed by atoms with Gasteiger partial charge < -0.3 is 10.1 Å². The van der Waals surface area contributed by atoms with Crippen LogP contribution in [0.3, 0.4) is 0 Å². The predicted molar refractivity (Wildman–Crippen MR) is 123 cm³/mol. The minimum absolute atomic E-state index is 0.119. The predicted octanol–water partition coefficient (Wildman–Crippen LogP) is 4.67. The van der Waals surface area contributed by atoms with Gasteiger partial charge in [-0.15, -0.1) is 0 Å². The van der Waals surface area contributed by atoms with Gasteiger partial charge in [0.2, 0.25) is 15.9 Å². The van der Waals surface area contributed by atoms with Crippen LogP contribution >= 0.6 is 0 Å². The number of rotatable bonds is 9. The third kappa shape index (κ3) is 6.55. The molecule has 1 N–H and O–H groups in total. The van der Waals surface area contributed by atoms with Crippen LogP contribution in [0, 0.1) is 13.8 Å². The summed E-state index contributed by atoms with van der Waals surface area (Å²) in [6.07, 6.45) is 4.67. The Balaban J connectivity index is 1.50. The first-order chi connectivity index (χ1) is 14.9. The van der Waals surface area contributed by atoms with Crippen LogP contribution in [-0.2, 0) is 14.8 Å². The highest BCUT2D eigenvalue weighted by atomic mass is 32.2. The Labute approximate surface area is 185 Å². The number of hydrogen-bond donors (Lipinski definition) is 1. The molecule has 1 saturated heterocycles. The first kappa shape index (κ1) is 23.3. The van der Waals surface area contributed by atoms with E-state index in [0.717, 1.165) is 42.6 Å². The fraction of sp³-hybridized carbons (Fsp3) is 0.458. The first-order valence-corrected chi connectivity index (χ1v) is 12.4. The molecule has 0 atom stereocenters. The zero-order chi connectivity index (χ0) is 22.3. The first-order valence-electron chi connectivity index (χ1n) is 11.0. The van der Waals surface area contributed by atoms with Gasteiger partial charge in [-0.1, -0.05) is 24.6 Å². The molecule has 1 fully saturated rings. The molecule has 2 aromatic carbocycles. The summed E-state index contributed by atoms with van der Waals surface area (Å²) in [6.45, 7) is 5.55. The van der Waals surface area contributed by atoms with Crippen molar-refractivity contribution < 1.29 is 17.9 Å². The van der Waals surface area contributed by atoms with Crippen molar-refractivity contribution in [2.24, 2.45) is 0 Å². The van der Waals surface area contributed by atoms with Gasteiger partial charge in [0, 0.05) is 25.2 Å². The Kier molecular flexibility index (Phi) is 8.09. The minimum atomic E-state index is -3.53. The highest BCUT2D eigenvalue weighted by Gasteiger charge is 2.26. The van der Waals surface area contributed by atoms with Gasteiger partial charge in [0.15, 0.2) is 0 Å². The molecule has 0 saturated carbocycles. The monoisotopic (exact) mass is 444 g/mol. The number of carbonyl (C=O) groups excluding carboxylic acids is 1. The largest absolute Gasteiger partial charge is 0.494 e. The van der Waals surface area contributed by atoms with Crippen molar-refractivity contribution in [3.05, 3.63) is 53.6 Å². The molecule has 1 amide bonds. The number of sulfonamides is 1. The summed E-state index contributed by atoms with van der Waals surface area (Å²) in [4.78, 5) is 12.6. The number of nitrogens with one attached hydrogen (secondary N) is 1. The average Bonchev–Trinajstić information content (AvgIpc) is 2.75. The van der Waals surface area contributed by atoms with Crippen LogP contribution in [0.2, 0.25) is 0 Å². The third-order valence-electron chi connectivity index (χ3n) is 5.49. The van der Waals surface area contributed by atoms with Crippen molar-refractivity contribution in [3.8, 4) is 5.75 Å². The van der Waals surface area contributed by atoms with E-state index in [1.807, 2.05) is 38.1 Å². The van der Waals surface area contributed by atoms with Gasteiger partial charge in [0.05, 0.1) is 11.5 Å². The van der Waals surface area contributed by atoms with Gasteiger partial charge in [0.25, 0.3) is 0 Å². The van der Waals surface area contributed by atoms with Crippen molar-refractivity contribution in [2.45, 2.75) is 57.3 Å². The Hall–Kier alpha value is -2.38. The molecule has 1 heterocycles. The van der Waals surface area contributed by atoms with E-state index in [0.29, 0.717) is 38.2 Å². The number of ether oxygens (including phenoxy) is 1. The normalized spacial score (nSPS) is 14.9. The number of aryl methyl sites for hydroxylation is 2. The van der Waals surface area contributed by atoms with E-state index in [2.05, 4.69) is 5.32 Å². The van der Waals surface area contributed by atoms with Gasteiger partial charge in [-0.25, -0.2) is 8.42 Å². The molecule has 0 bridgehead atoms. The molecular weight excluding hydrogens is 412 g/mol. The second-order valence-corrected chi connectivity index (χ2v) is 10.0. The second kappa shape index (κ2) is 10.8. The Morgan fingerprint density at radius 2 is 1.81 bits per heavy atom. The number of hydrogen-bond acceptors (Lipinski definition) is 4. The molecule has 1 aliphatic rings. The van der Waals surface area contributed by atoms with Crippen LogP contribution < -0.4 is 10.1 Å². The standard InChI is InChI=1S/C24H32N2O4S/c1-19-9-8-10-21(17-19)30-16-7-4-11-24(27)25-23-18-22(13-12-20(23)2)31(28,29)26-14-5-3-6-15-26/h8-10,12-13,17-18H,3-7,11,14-16H2,1-2H3,(H,25,27). The fourth-order valence-electron chi connectivity index (χ4n) is 3.65. The number of benzene rings is 2. The molecule has 1 aliphatic heterocycles. The van der Waals surface area contributed by atoms with E-state index < -0.39 is 10.0 Å². The highest BCUT2D eigenvalue weighted by Crippen LogP contribution is 2.25. The zero-order valence-corrected chi connectivity index (χ0v) is 19.2. The average molecular weight is 445 g/mol. The van der Waals surface area contributed by atoms with Crippen molar-refractivity contribution in [1.82, 2.24) is 4.31 Å². The summed E-state index contributed by atoms with van der Waals surface area (Å²) in [6, 6.07) is 12.8. The van der Waals surface area contributed by atoms with E-state index in [4.69, 9.17) is 4.74 Å². The highest BCUT2D eigenvalue weighted by molar-refractivity contribution is 7.89. The van der Waals surface area contributed by atoms with Gasteiger partial charge in [0.1, 0.15) is 5.75 Å². The van der Waals surface area contributed by atoms with E-state index in [9.17, 15) is 13.2 Å². The van der Waals surface area contributed by atoms with E-state index in [-0.39, 0.29) is 10.8 Å². The van der Waals surface area contributed by atoms with Gasteiger partial charge >= 0.3 is 0 Å². The number of carbonyl (C=O) groups is 1. The number of anilines is 1. The van der Waals surface area contributed by atoms with Gasteiger partial charge in [-0.05, 0) is 74.9 Å². The third-order valence-corrected chi connectivity index (χ3v) is 7.39. The van der Waals surface area contributed by atoms with Crippen LogP contribution in [0.25, 0.3) is 0 Å². The summed E-state index contributed by atoms with van der Waals surface area (Å²) in [7, 11) is -3.53. The summed E-state index contributed by atoms with van der Waals surface area (Å²) < 4.78 is 33.1. The molecule has 2 aromatic rings. The Morgan fingerprint density at radius 3 is 2.55 bits per heavy atom. The van der Waals surface area contributed by atoms with Gasteiger partial charge in [-0.2, -0.15) is 4.31 Å². The molecule has 6 nitrogen and oxygen atoms in total. The summed E-state index contributed by atoms with van der Waals surface area (Å²) in [5.74, 6) is 0.720.